The number of halogens is 3. The van der Waals surface area contributed by atoms with E-state index in [4.69, 9.17) is 29.8 Å². The summed E-state index contributed by atoms with van der Waals surface area (Å²) in [4.78, 5) is 0. The van der Waals surface area contributed by atoms with Crippen LogP contribution in [-0.2, 0) is 0 Å². The van der Waals surface area contributed by atoms with Crippen LogP contribution >= 0.6 is 29.8 Å². The minimum absolute atomic E-state index is 0.817. The topological polar surface area (TPSA) is 0 Å². The molecule has 0 fully saturated rings. The summed E-state index contributed by atoms with van der Waals surface area (Å²) >= 11 is 0. The maximum absolute atomic E-state index is 6.55. The van der Waals surface area contributed by atoms with Crippen LogP contribution in [0.1, 0.15) is 0 Å². The van der Waals surface area contributed by atoms with Gasteiger partial charge in [-0.15, -0.1) is 0 Å². The molecule has 84 valence electrons. The van der Waals surface area contributed by atoms with E-state index in [-0.39, 0.29) is 0 Å². The average Bonchev–Trinajstić information content (AvgIpc) is 2.31. The molecule has 0 bridgehead atoms. The Morgan fingerprint density at radius 1 is 0.562 bits per heavy atom. The van der Waals surface area contributed by atoms with Crippen molar-refractivity contribution >= 4 is 48.2 Å². The molecule has 0 aliphatic heterocycles. The van der Waals surface area contributed by atoms with Gasteiger partial charge in [-0.1, -0.05) is 0 Å². The Kier molecular flexibility index (Phi) is 3.29. The molecule has 4 heteroatoms. The summed E-state index contributed by atoms with van der Waals surface area (Å²) in [5.41, 5.74) is 0. The predicted octanol–water partition coefficient (Wildman–Crippen LogP) is 3.41. The van der Waals surface area contributed by atoms with Gasteiger partial charge in [0.25, 0.3) is 0 Å². The van der Waals surface area contributed by atoms with Crippen LogP contribution < -0.4 is 8.70 Å². The number of hydrogen-bond donors (Lipinski definition) is 0. The van der Waals surface area contributed by atoms with Crippen LogP contribution in [0.15, 0.2) is 60.7 Å². The predicted molar refractivity (Wildman–Crippen MR) is 75.5 cm³/mol. The first kappa shape index (κ1) is 12.3. The molecule has 0 unspecified atom stereocenters. The van der Waals surface area contributed by atoms with Crippen molar-refractivity contribution in [2.75, 3.05) is 0 Å². The molecule has 0 amide bonds. The maximum atomic E-state index is 6.55. The molecule has 0 saturated heterocycles. The van der Waals surface area contributed by atoms with Gasteiger partial charge < -0.3 is 0 Å². The van der Waals surface area contributed by atoms with Gasteiger partial charge in [-0.2, -0.15) is 0 Å². The van der Waals surface area contributed by atoms with Gasteiger partial charge in [-0.05, 0) is 0 Å². The molecule has 0 aliphatic carbocycles. The van der Waals surface area contributed by atoms with Crippen LogP contribution in [0.5, 0.6) is 0 Å². The summed E-state index contributed by atoms with van der Waals surface area (Å²) in [7, 11) is 15.6. The summed E-state index contributed by atoms with van der Waals surface area (Å²) in [6.07, 6.45) is 0. The monoisotopic (exact) mass is 334 g/mol. The molecule has 0 aromatic heterocycles. The Labute approximate surface area is 108 Å². The first-order valence-corrected chi connectivity index (χ1v) is 14.0. The molecule has 0 aliphatic rings. The van der Waals surface area contributed by atoms with Gasteiger partial charge in [0.1, 0.15) is 0 Å². The second-order valence-corrected chi connectivity index (χ2v) is 22.3. The van der Waals surface area contributed by atoms with E-state index in [0.29, 0.717) is 0 Å². The fourth-order valence-electron chi connectivity index (χ4n) is 1.49. The van der Waals surface area contributed by atoms with Gasteiger partial charge in [0.05, 0.1) is 0 Å². The summed E-state index contributed by atoms with van der Waals surface area (Å²) < 4.78 is 1.63. The summed E-state index contributed by atoms with van der Waals surface area (Å²) in [5.74, 6) is 0. The molecule has 0 N–H and O–H groups in total. The second kappa shape index (κ2) is 4.27. The standard InChI is InChI=1S/C12H10AsCl3/c14-13(15,16,11-7-3-1-4-8-11)12-9-5-2-6-10-12/h1-10H. The number of benzene rings is 2. The average molecular weight is 335 g/mol. The molecule has 0 nitrogen and oxygen atoms in total. The van der Waals surface area contributed by atoms with E-state index in [9.17, 15) is 0 Å². The summed E-state index contributed by atoms with van der Waals surface area (Å²) in [6, 6.07) is 18.9. The number of rotatable bonds is 2. The van der Waals surface area contributed by atoms with Crippen LogP contribution in [-0.4, -0.2) is 9.63 Å². The van der Waals surface area contributed by atoms with Crippen LogP contribution in [0, 0.1) is 0 Å². The van der Waals surface area contributed by atoms with Crippen LogP contribution in [0.3, 0.4) is 0 Å². The first-order chi connectivity index (χ1) is 7.49. The zero-order valence-electron chi connectivity index (χ0n) is 8.35. The molecule has 0 heterocycles. The quantitative estimate of drug-likeness (QED) is 0.738. The SMILES string of the molecule is Cl[As](Cl)(Cl)(c1ccccc1)c1ccccc1. The third kappa shape index (κ3) is 2.26. The van der Waals surface area contributed by atoms with Gasteiger partial charge in [-0.3, -0.25) is 0 Å². The molecule has 2 aromatic rings. The molecular weight excluding hydrogens is 325 g/mol. The van der Waals surface area contributed by atoms with Gasteiger partial charge in [-0.25, -0.2) is 0 Å². The van der Waals surface area contributed by atoms with E-state index in [1.54, 1.807) is 0 Å². The van der Waals surface area contributed by atoms with Crippen molar-refractivity contribution in [1.29, 1.82) is 0 Å². The van der Waals surface area contributed by atoms with E-state index in [2.05, 4.69) is 0 Å². The van der Waals surface area contributed by atoms with Crippen molar-refractivity contribution < 1.29 is 0 Å². The van der Waals surface area contributed by atoms with E-state index in [1.165, 1.54) is 0 Å². The third-order valence-corrected chi connectivity index (χ3v) is 13.2. The van der Waals surface area contributed by atoms with Crippen molar-refractivity contribution in [2.45, 2.75) is 0 Å². The van der Waals surface area contributed by atoms with E-state index in [1.807, 2.05) is 60.7 Å². The molecule has 0 saturated carbocycles. The van der Waals surface area contributed by atoms with Gasteiger partial charge in [0.2, 0.25) is 0 Å². The normalized spacial score (nSPS) is 14.1. The van der Waals surface area contributed by atoms with Crippen molar-refractivity contribution in [3.63, 3.8) is 0 Å². The molecular formula is C12H10AsCl3. The van der Waals surface area contributed by atoms with Crippen molar-refractivity contribution in [2.24, 2.45) is 0 Å². The van der Waals surface area contributed by atoms with Crippen LogP contribution in [0.25, 0.3) is 0 Å². The van der Waals surface area contributed by atoms with E-state index < -0.39 is 9.63 Å². The molecule has 2 aromatic carbocycles. The van der Waals surface area contributed by atoms with Crippen molar-refractivity contribution in [1.82, 2.24) is 0 Å². The van der Waals surface area contributed by atoms with E-state index >= 15 is 0 Å². The van der Waals surface area contributed by atoms with E-state index in [0.717, 1.165) is 8.70 Å². The number of hydrogen-bond acceptors (Lipinski definition) is 0. The first-order valence-electron chi connectivity index (χ1n) is 4.78. The third-order valence-electron chi connectivity index (χ3n) is 2.36. The van der Waals surface area contributed by atoms with Crippen molar-refractivity contribution in [3.8, 4) is 0 Å². The fourth-order valence-corrected chi connectivity index (χ4v) is 8.40. The fraction of sp³-hybridized carbons (Fsp3) is 0. The minimum atomic E-state index is -4.10. The Morgan fingerprint density at radius 2 is 0.875 bits per heavy atom. The second-order valence-electron chi connectivity index (χ2n) is 3.48. The zero-order chi connectivity index (χ0) is 11.7. The summed E-state index contributed by atoms with van der Waals surface area (Å²) in [6.45, 7) is 0. The molecule has 16 heavy (non-hydrogen) atoms. The Bertz CT molecular complexity index is 430. The van der Waals surface area contributed by atoms with Crippen LogP contribution in [0.4, 0.5) is 0 Å². The Hall–Kier alpha value is -0.132. The molecule has 0 spiro atoms. The molecule has 0 atom stereocenters. The van der Waals surface area contributed by atoms with Gasteiger partial charge in [0, 0.05) is 0 Å². The molecule has 2 rings (SSSR count). The van der Waals surface area contributed by atoms with Crippen molar-refractivity contribution in [3.05, 3.63) is 60.7 Å². The van der Waals surface area contributed by atoms with Gasteiger partial charge >= 0.3 is 109 Å². The molecule has 0 radical (unpaired) electrons. The Balaban J connectivity index is 2.60. The van der Waals surface area contributed by atoms with Gasteiger partial charge in [0.15, 0.2) is 0 Å². The summed E-state index contributed by atoms with van der Waals surface area (Å²) in [5, 5.41) is 0. The van der Waals surface area contributed by atoms with Crippen LogP contribution in [0.2, 0.25) is 0 Å². The Morgan fingerprint density at radius 3 is 1.19 bits per heavy atom. The zero-order valence-corrected chi connectivity index (χ0v) is 12.5.